The van der Waals surface area contributed by atoms with Gasteiger partial charge in [0.05, 0.1) is 13.2 Å². The van der Waals surface area contributed by atoms with Crippen LogP contribution in [0.5, 0.6) is 0 Å². The van der Waals surface area contributed by atoms with E-state index in [1.165, 1.54) is 63.1 Å². The van der Waals surface area contributed by atoms with Crippen molar-refractivity contribution < 1.29 is 23.9 Å². The Kier molecular flexibility index (Phi) is 35.6. The summed E-state index contributed by atoms with van der Waals surface area (Å²) in [4.78, 5) is 38.9. The quantitative estimate of drug-likeness (QED) is 0.0411. The first-order chi connectivity index (χ1) is 23.0. The van der Waals surface area contributed by atoms with E-state index in [0.717, 1.165) is 109 Å². The van der Waals surface area contributed by atoms with E-state index in [4.69, 9.17) is 9.47 Å². The molecular formula is C39H72N2O5S. The molecule has 47 heavy (non-hydrogen) atoms. The minimum absolute atomic E-state index is 0.109. The number of hydrogen-bond donors (Lipinski definition) is 1. The summed E-state index contributed by atoms with van der Waals surface area (Å²) in [5, 5.41) is 3.32. The SMILES string of the molecule is CCCCCCC=CCCC(=O)OCCCCCCN(CCCCCCOC(=O)CCC=CCCCCCC)C(=O)SCCCNC. The van der Waals surface area contributed by atoms with Crippen molar-refractivity contribution in [2.75, 3.05) is 45.6 Å². The third kappa shape index (κ3) is 33.9. The number of rotatable bonds is 34. The third-order valence-corrected chi connectivity index (χ3v) is 9.04. The van der Waals surface area contributed by atoms with Crippen molar-refractivity contribution in [3.63, 3.8) is 0 Å². The Bertz CT molecular complexity index is 737. The standard InChI is InChI=1S/C39H72N2O5S/c1-4-6-8-10-12-14-16-22-29-37(42)45-34-26-20-18-24-32-41(39(44)47-36-28-31-40-3)33-25-19-21-27-35-46-38(43)30-23-17-15-13-11-9-7-5-2/h14-17,40H,4-13,18-36H2,1-3H3. The van der Waals surface area contributed by atoms with Crippen LogP contribution in [0.4, 0.5) is 4.79 Å². The molecule has 0 aromatic heterocycles. The van der Waals surface area contributed by atoms with Gasteiger partial charge < -0.3 is 19.7 Å². The van der Waals surface area contributed by atoms with E-state index in [2.05, 4.69) is 43.5 Å². The smallest absolute Gasteiger partial charge is 0.306 e. The molecule has 0 aliphatic carbocycles. The largest absolute Gasteiger partial charge is 0.466 e. The van der Waals surface area contributed by atoms with Crippen LogP contribution in [0.15, 0.2) is 24.3 Å². The Morgan fingerprint density at radius 2 is 1.02 bits per heavy atom. The second kappa shape index (κ2) is 37.0. The van der Waals surface area contributed by atoms with Gasteiger partial charge in [-0.25, -0.2) is 0 Å². The lowest BCUT2D eigenvalue weighted by molar-refractivity contribution is -0.144. The molecule has 0 saturated heterocycles. The molecule has 0 aromatic rings. The molecule has 0 atom stereocenters. The summed E-state index contributed by atoms with van der Waals surface area (Å²) in [6.07, 6.45) is 32.0. The first kappa shape index (κ1) is 45.2. The highest BCUT2D eigenvalue weighted by Gasteiger charge is 2.13. The molecule has 1 amide bonds. The molecule has 0 aliphatic rings. The highest BCUT2D eigenvalue weighted by molar-refractivity contribution is 8.13. The average Bonchev–Trinajstić information content (AvgIpc) is 3.07. The van der Waals surface area contributed by atoms with Crippen LogP contribution in [0, 0.1) is 0 Å². The molecule has 7 nitrogen and oxygen atoms in total. The van der Waals surface area contributed by atoms with Crippen LogP contribution in [0.25, 0.3) is 0 Å². The van der Waals surface area contributed by atoms with E-state index in [0.29, 0.717) is 26.1 Å². The molecule has 274 valence electrons. The normalized spacial score (nSPS) is 11.5. The van der Waals surface area contributed by atoms with Crippen LogP contribution in [-0.2, 0) is 19.1 Å². The Hall–Kier alpha value is -1.80. The van der Waals surface area contributed by atoms with Gasteiger partial charge in [0.2, 0.25) is 0 Å². The van der Waals surface area contributed by atoms with E-state index in [1.54, 1.807) is 0 Å². The lowest BCUT2D eigenvalue weighted by Gasteiger charge is -2.22. The zero-order valence-electron chi connectivity index (χ0n) is 30.7. The van der Waals surface area contributed by atoms with Gasteiger partial charge in [0.1, 0.15) is 0 Å². The minimum Gasteiger partial charge on any atom is -0.466 e. The summed E-state index contributed by atoms with van der Waals surface area (Å²) in [5.74, 6) is 0.611. The van der Waals surface area contributed by atoms with E-state index < -0.39 is 0 Å². The molecule has 0 radical (unpaired) electrons. The van der Waals surface area contributed by atoms with Gasteiger partial charge in [0.25, 0.3) is 5.24 Å². The van der Waals surface area contributed by atoms with Crippen molar-refractivity contribution in [3.8, 4) is 0 Å². The van der Waals surface area contributed by atoms with E-state index >= 15 is 0 Å². The van der Waals surface area contributed by atoms with Gasteiger partial charge in [-0.1, -0.05) is 101 Å². The predicted molar refractivity (Wildman–Crippen MR) is 201 cm³/mol. The summed E-state index contributed by atoms with van der Waals surface area (Å²) >= 11 is 1.42. The molecule has 0 spiro atoms. The fraction of sp³-hybridized carbons (Fsp3) is 0.821. The van der Waals surface area contributed by atoms with Gasteiger partial charge >= 0.3 is 11.9 Å². The van der Waals surface area contributed by atoms with Crippen molar-refractivity contribution in [2.24, 2.45) is 0 Å². The van der Waals surface area contributed by atoms with Gasteiger partial charge in [-0.3, -0.25) is 14.4 Å². The molecule has 0 aromatic carbocycles. The first-order valence-corrected chi connectivity index (χ1v) is 20.2. The number of allylic oxidation sites excluding steroid dienone is 4. The monoisotopic (exact) mass is 681 g/mol. The second-order valence-electron chi connectivity index (χ2n) is 12.5. The maximum absolute atomic E-state index is 12.9. The van der Waals surface area contributed by atoms with E-state index in [9.17, 15) is 14.4 Å². The summed E-state index contributed by atoms with van der Waals surface area (Å²) in [6, 6.07) is 0. The number of carbonyl (C=O) groups is 3. The Balaban J connectivity index is 4.06. The topological polar surface area (TPSA) is 84.9 Å². The highest BCUT2D eigenvalue weighted by atomic mass is 32.2. The summed E-state index contributed by atoms with van der Waals surface area (Å²) in [5.41, 5.74) is 0. The number of carbonyl (C=O) groups excluding carboxylic acids is 3. The number of thioether (sulfide) groups is 1. The number of amides is 1. The first-order valence-electron chi connectivity index (χ1n) is 19.2. The van der Waals surface area contributed by atoms with Gasteiger partial charge in [-0.05, 0) is 97.1 Å². The molecule has 0 bridgehead atoms. The fourth-order valence-electron chi connectivity index (χ4n) is 5.08. The number of hydrogen-bond acceptors (Lipinski definition) is 7. The van der Waals surface area contributed by atoms with Gasteiger partial charge in [0.15, 0.2) is 0 Å². The zero-order chi connectivity index (χ0) is 34.5. The number of esters is 2. The molecule has 0 aliphatic heterocycles. The third-order valence-electron chi connectivity index (χ3n) is 8.04. The van der Waals surface area contributed by atoms with Crippen LogP contribution in [0.3, 0.4) is 0 Å². The zero-order valence-corrected chi connectivity index (χ0v) is 31.5. The van der Waals surface area contributed by atoms with Gasteiger partial charge in [-0.2, -0.15) is 0 Å². The molecule has 0 saturated carbocycles. The van der Waals surface area contributed by atoms with Crippen molar-refractivity contribution in [3.05, 3.63) is 24.3 Å². The lowest BCUT2D eigenvalue weighted by atomic mass is 10.1. The fourth-order valence-corrected chi connectivity index (χ4v) is 5.91. The maximum atomic E-state index is 12.9. The van der Waals surface area contributed by atoms with Crippen molar-refractivity contribution in [1.29, 1.82) is 0 Å². The Morgan fingerprint density at radius 1 is 0.574 bits per heavy atom. The summed E-state index contributed by atoms with van der Waals surface area (Å²) in [7, 11) is 1.93. The van der Waals surface area contributed by atoms with Crippen molar-refractivity contribution >= 4 is 28.9 Å². The number of nitrogens with one attached hydrogen (secondary N) is 1. The van der Waals surface area contributed by atoms with Crippen LogP contribution < -0.4 is 5.32 Å². The summed E-state index contributed by atoms with van der Waals surface area (Å²) in [6.45, 7) is 7.86. The summed E-state index contributed by atoms with van der Waals surface area (Å²) < 4.78 is 10.8. The van der Waals surface area contributed by atoms with Crippen LogP contribution in [0.2, 0.25) is 0 Å². The minimum atomic E-state index is -0.109. The molecule has 0 rings (SSSR count). The second-order valence-corrected chi connectivity index (χ2v) is 13.6. The van der Waals surface area contributed by atoms with Crippen molar-refractivity contribution in [2.45, 2.75) is 162 Å². The van der Waals surface area contributed by atoms with Gasteiger partial charge in [0, 0.05) is 31.7 Å². The number of nitrogens with zero attached hydrogens (tertiary/aromatic N) is 1. The Labute approximate surface area is 293 Å². The maximum Gasteiger partial charge on any atom is 0.306 e. The highest BCUT2D eigenvalue weighted by Crippen LogP contribution is 2.14. The van der Waals surface area contributed by atoms with E-state index in [1.807, 2.05) is 11.9 Å². The average molecular weight is 681 g/mol. The molecular weight excluding hydrogens is 609 g/mol. The van der Waals surface area contributed by atoms with Crippen LogP contribution in [-0.4, -0.2) is 67.7 Å². The van der Waals surface area contributed by atoms with Gasteiger partial charge in [-0.15, -0.1) is 0 Å². The lowest BCUT2D eigenvalue weighted by Crippen LogP contribution is -2.30. The molecule has 0 heterocycles. The molecule has 0 unspecified atom stereocenters. The Morgan fingerprint density at radius 3 is 1.49 bits per heavy atom. The van der Waals surface area contributed by atoms with Crippen LogP contribution >= 0.6 is 11.8 Å². The predicted octanol–water partition coefficient (Wildman–Crippen LogP) is 10.6. The van der Waals surface area contributed by atoms with E-state index in [-0.39, 0.29) is 17.2 Å². The molecule has 8 heteroatoms. The number of ether oxygens (including phenoxy) is 2. The molecule has 1 N–H and O–H groups in total. The van der Waals surface area contributed by atoms with Crippen molar-refractivity contribution in [1.82, 2.24) is 10.2 Å². The number of unbranched alkanes of at least 4 members (excludes halogenated alkanes) is 14. The molecule has 0 fully saturated rings. The van der Waals surface area contributed by atoms with Crippen LogP contribution in [0.1, 0.15) is 162 Å².